The van der Waals surface area contributed by atoms with E-state index in [1.165, 1.54) is 26.4 Å². The van der Waals surface area contributed by atoms with E-state index in [1.54, 1.807) is 24.4 Å². The molecule has 290 valence electrons. The molecule has 1 spiro atoms. The van der Waals surface area contributed by atoms with E-state index in [1.807, 2.05) is 55.1 Å². The van der Waals surface area contributed by atoms with E-state index >= 15 is 8.78 Å². The SMILES string of the molecule is COC(=O)N[C@H](C(=O)N1CC2(CC2)C[C@H]1c1ncc(-c2ccc3c(c2)C(F)(F)c2cc(-c4ccc5nc([C@@H]6[C@@H]7CCC(C7)CN6I)[nH]c5c4)ccc2-3)[nH]1)C(C)C. The van der Waals surface area contributed by atoms with Gasteiger partial charge in [-0.15, -0.1) is 0 Å². The molecule has 10 rings (SSSR count). The summed E-state index contributed by atoms with van der Waals surface area (Å²) in [6.45, 7) is 5.44. The number of benzene rings is 3. The predicted molar refractivity (Wildman–Crippen MR) is 217 cm³/mol. The van der Waals surface area contributed by atoms with Crippen LogP contribution in [0.2, 0.25) is 0 Å². The zero-order valence-electron chi connectivity index (χ0n) is 31.5. The van der Waals surface area contributed by atoms with Crippen molar-refractivity contribution in [2.45, 2.75) is 76.4 Å². The zero-order valence-corrected chi connectivity index (χ0v) is 33.7. The minimum absolute atomic E-state index is 0.00787. The second kappa shape index (κ2) is 13.1. The summed E-state index contributed by atoms with van der Waals surface area (Å²) in [6.07, 6.45) is 7.58. The van der Waals surface area contributed by atoms with Gasteiger partial charge in [-0.2, -0.15) is 8.78 Å². The molecule has 1 unspecified atom stereocenters. The van der Waals surface area contributed by atoms with Gasteiger partial charge in [-0.1, -0.05) is 44.2 Å². The van der Waals surface area contributed by atoms with E-state index in [4.69, 9.17) is 14.7 Å². The molecule has 5 aromatic rings. The van der Waals surface area contributed by atoms with Crippen molar-refractivity contribution in [3.05, 3.63) is 83.6 Å². The van der Waals surface area contributed by atoms with Crippen LogP contribution in [0.3, 0.4) is 0 Å². The Hall–Kier alpha value is -4.37. The Balaban J connectivity index is 0.912. The van der Waals surface area contributed by atoms with Crippen molar-refractivity contribution in [2.24, 2.45) is 23.2 Å². The van der Waals surface area contributed by atoms with Crippen LogP contribution in [-0.2, 0) is 15.5 Å². The molecule has 2 bridgehead atoms. The van der Waals surface area contributed by atoms with Crippen LogP contribution in [0.25, 0.3) is 44.5 Å². The number of H-pyrrole nitrogens is 2. The van der Waals surface area contributed by atoms with Gasteiger partial charge in [0.05, 0.1) is 42.1 Å². The van der Waals surface area contributed by atoms with E-state index in [9.17, 15) is 9.59 Å². The molecule has 10 nitrogen and oxygen atoms in total. The smallest absolute Gasteiger partial charge is 0.407 e. The average molecular weight is 872 g/mol. The molecule has 2 saturated carbocycles. The first-order valence-electron chi connectivity index (χ1n) is 19.7. The summed E-state index contributed by atoms with van der Waals surface area (Å²) < 4.78 is 40.2. The lowest BCUT2D eigenvalue weighted by Crippen LogP contribution is -2.51. The Morgan fingerprint density at radius 2 is 1.68 bits per heavy atom. The Kier molecular flexibility index (Phi) is 8.41. The number of hydrogen-bond donors (Lipinski definition) is 3. The quantitative estimate of drug-likeness (QED) is 0.111. The highest BCUT2D eigenvalue weighted by atomic mass is 127. The van der Waals surface area contributed by atoms with Gasteiger partial charge in [0.15, 0.2) is 0 Å². The number of alkyl carbamates (subject to hydrolysis) is 1. The Labute approximate surface area is 337 Å². The van der Waals surface area contributed by atoms with Crippen LogP contribution in [-0.4, -0.2) is 66.2 Å². The highest BCUT2D eigenvalue weighted by molar-refractivity contribution is 14.1. The fourth-order valence-electron chi connectivity index (χ4n) is 10.0. The van der Waals surface area contributed by atoms with Crippen LogP contribution in [0, 0.1) is 23.2 Å². The number of amides is 2. The molecule has 3 N–H and O–H groups in total. The Bertz CT molecular complexity index is 2410. The van der Waals surface area contributed by atoms with Crippen LogP contribution in [0.1, 0.15) is 87.2 Å². The number of nitrogens with one attached hydrogen (secondary N) is 3. The van der Waals surface area contributed by atoms with E-state index < -0.39 is 18.1 Å². The highest BCUT2D eigenvalue weighted by Crippen LogP contribution is 2.59. The second-order valence-electron chi connectivity index (χ2n) is 17.1. The summed E-state index contributed by atoms with van der Waals surface area (Å²) in [5.74, 6) is -0.568. The third-order valence-corrected chi connectivity index (χ3v) is 14.2. The van der Waals surface area contributed by atoms with Crippen molar-refractivity contribution in [1.82, 2.24) is 33.3 Å². The normalized spacial score (nSPS) is 24.8. The van der Waals surface area contributed by atoms with Gasteiger partial charge in [-0.25, -0.2) is 17.9 Å². The largest absolute Gasteiger partial charge is 0.453 e. The number of halogens is 3. The van der Waals surface area contributed by atoms with Gasteiger partial charge in [-0.3, -0.25) is 4.79 Å². The first-order chi connectivity index (χ1) is 26.9. The van der Waals surface area contributed by atoms with E-state index in [-0.39, 0.29) is 40.5 Å². The summed E-state index contributed by atoms with van der Waals surface area (Å²) in [6, 6.07) is 15.7. The van der Waals surface area contributed by atoms with Crippen LogP contribution >= 0.6 is 22.9 Å². The standard InChI is InChI=1S/C43H44F2IN7O3/c1-22(2)36(51-41(55)56-3)40(54)52-21-42(12-13-42)18-35(52)38-47-19-34(50-38)26-7-10-29-28-9-6-24(15-30(28)43(44,45)31(29)16-26)25-8-11-32-33(17-25)49-39(48-32)37-27-5-4-23(14-27)20-53(37)46/h6-11,15-17,19,22-23,27,35-37H,4-5,12-14,18,20-21H2,1-3H3,(H,47,50)(H,48,49)(H,51,55)/t23?,27-,35+,36+,37+/m1/s1. The molecular weight excluding hydrogens is 827 g/mol. The number of carbonyl (C=O) groups is 2. The van der Waals surface area contributed by atoms with Crippen molar-refractivity contribution in [2.75, 3.05) is 20.2 Å². The molecule has 2 aromatic heterocycles. The maximum atomic E-state index is 16.5. The van der Waals surface area contributed by atoms with E-state index in [0.29, 0.717) is 40.7 Å². The predicted octanol–water partition coefficient (Wildman–Crippen LogP) is 9.30. The van der Waals surface area contributed by atoms with Gasteiger partial charge in [0.25, 0.3) is 5.92 Å². The molecular formula is C43H44F2IN7O3. The fraction of sp³-hybridized carbons (Fsp3) is 0.442. The lowest BCUT2D eigenvalue weighted by Gasteiger charge is -2.34. The monoisotopic (exact) mass is 871 g/mol. The topological polar surface area (TPSA) is 119 Å². The van der Waals surface area contributed by atoms with Gasteiger partial charge in [-0.05, 0) is 108 Å². The van der Waals surface area contributed by atoms with Crippen molar-refractivity contribution in [3.8, 4) is 33.5 Å². The number of nitrogens with zero attached hydrogens (tertiary/aromatic N) is 4. The Morgan fingerprint density at radius 3 is 2.41 bits per heavy atom. The maximum absolute atomic E-state index is 16.5. The number of ether oxygens (including phenoxy) is 1. The van der Waals surface area contributed by atoms with Crippen molar-refractivity contribution >= 4 is 45.9 Å². The van der Waals surface area contributed by atoms with Gasteiger partial charge < -0.3 is 24.9 Å². The van der Waals surface area contributed by atoms with Gasteiger partial charge in [0.1, 0.15) is 17.7 Å². The summed E-state index contributed by atoms with van der Waals surface area (Å²) in [7, 11) is 1.28. The highest BCUT2D eigenvalue weighted by Gasteiger charge is 2.55. The van der Waals surface area contributed by atoms with Crippen molar-refractivity contribution in [3.63, 3.8) is 0 Å². The number of imidazole rings is 2. The van der Waals surface area contributed by atoms with E-state index in [0.717, 1.165) is 59.7 Å². The summed E-state index contributed by atoms with van der Waals surface area (Å²) >= 11 is 2.45. The number of piperidine rings is 1. The second-order valence-corrected chi connectivity index (χ2v) is 18.4. The number of hydrogen-bond acceptors (Lipinski definition) is 6. The average Bonchev–Trinajstić information content (AvgIpc) is 3.67. The summed E-state index contributed by atoms with van der Waals surface area (Å²) in [5, 5.41) is 2.71. The number of aromatic nitrogens is 4. The molecule has 13 heteroatoms. The number of rotatable bonds is 7. The number of carbonyl (C=O) groups excluding carboxylic acids is 2. The van der Waals surface area contributed by atoms with Gasteiger partial charge >= 0.3 is 6.09 Å². The molecule has 4 fully saturated rings. The first-order valence-corrected chi connectivity index (χ1v) is 20.7. The van der Waals surface area contributed by atoms with E-state index in [2.05, 4.69) is 41.3 Å². The Morgan fingerprint density at radius 1 is 0.964 bits per heavy atom. The maximum Gasteiger partial charge on any atom is 0.407 e. The fourth-order valence-corrected chi connectivity index (χ4v) is 11.3. The molecule has 3 aromatic carbocycles. The number of aromatic amines is 2. The molecule has 2 aliphatic heterocycles. The molecule has 0 radical (unpaired) electrons. The van der Waals surface area contributed by atoms with Crippen LogP contribution in [0.4, 0.5) is 13.6 Å². The molecule has 3 aliphatic carbocycles. The number of methoxy groups -OCH3 is 1. The molecule has 2 amide bonds. The third kappa shape index (κ3) is 5.85. The lowest BCUT2D eigenvalue weighted by atomic mass is 9.92. The number of alkyl halides is 2. The number of fused-ring (bicyclic) bond motifs is 6. The van der Waals surface area contributed by atoms with Crippen molar-refractivity contribution in [1.29, 1.82) is 0 Å². The molecule has 4 heterocycles. The molecule has 5 aliphatic rings. The van der Waals surface area contributed by atoms with Crippen LogP contribution in [0.15, 0.2) is 60.8 Å². The van der Waals surface area contributed by atoms with Crippen LogP contribution < -0.4 is 5.32 Å². The van der Waals surface area contributed by atoms with Crippen molar-refractivity contribution < 1.29 is 23.1 Å². The lowest BCUT2D eigenvalue weighted by molar-refractivity contribution is -0.135. The zero-order chi connectivity index (χ0) is 38.7. The minimum atomic E-state index is -3.21. The molecule has 2 saturated heterocycles. The molecule has 56 heavy (non-hydrogen) atoms. The number of likely N-dealkylation sites (tertiary alicyclic amines) is 1. The summed E-state index contributed by atoms with van der Waals surface area (Å²) in [5.41, 5.74) is 5.61. The van der Waals surface area contributed by atoms with Gasteiger partial charge in [0.2, 0.25) is 5.91 Å². The minimum Gasteiger partial charge on any atom is -0.453 e. The van der Waals surface area contributed by atoms with Gasteiger partial charge in [0, 0.05) is 52.6 Å². The first kappa shape index (κ1) is 36.0. The molecule has 5 atom stereocenters. The third-order valence-electron chi connectivity index (χ3n) is 13.2. The summed E-state index contributed by atoms with van der Waals surface area (Å²) in [4.78, 5) is 44.5. The van der Waals surface area contributed by atoms with Crippen LogP contribution in [0.5, 0.6) is 0 Å².